The van der Waals surface area contributed by atoms with Crippen LogP contribution < -0.4 is 20.1 Å². The van der Waals surface area contributed by atoms with Crippen LogP contribution in [0.2, 0.25) is 0 Å². The number of ether oxygens (including phenoxy) is 2. The van der Waals surface area contributed by atoms with Gasteiger partial charge in [-0.15, -0.1) is 10.2 Å². The number of hydrogen-bond acceptors (Lipinski definition) is 7. The van der Waals surface area contributed by atoms with Crippen LogP contribution in [-0.2, 0) is 4.79 Å². The summed E-state index contributed by atoms with van der Waals surface area (Å²) >= 11 is 1.20. The molecule has 1 aromatic heterocycles. The lowest BCUT2D eigenvalue weighted by atomic mass is 10.1. The minimum Gasteiger partial charge on any atom is -0.490 e. The summed E-state index contributed by atoms with van der Waals surface area (Å²) in [5.74, 6) is 0.761. The first kappa shape index (κ1) is 21.7. The number of nitrogens with one attached hydrogen (secondary N) is 2. The Morgan fingerprint density at radius 1 is 1.09 bits per heavy atom. The summed E-state index contributed by atoms with van der Waals surface area (Å²) in [5, 5.41) is 13.6. The Morgan fingerprint density at radius 3 is 2.72 bits per heavy atom. The number of amides is 3. The molecule has 0 bridgehead atoms. The van der Waals surface area contributed by atoms with Crippen molar-refractivity contribution in [3.63, 3.8) is 0 Å². The fraction of sp³-hybridized carbons (Fsp3) is 0.273. The monoisotopic (exact) mass is 453 g/mol. The van der Waals surface area contributed by atoms with Gasteiger partial charge in [0, 0.05) is 18.2 Å². The highest BCUT2D eigenvalue weighted by atomic mass is 32.2. The van der Waals surface area contributed by atoms with Crippen LogP contribution in [0, 0.1) is 13.8 Å². The predicted octanol–water partition coefficient (Wildman–Crippen LogP) is 3.49. The van der Waals surface area contributed by atoms with E-state index < -0.39 is 11.9 Å². The zero-order valence-electron chi connectivity index (χ0n) is 17.8. The molecule has 1 aliphatic heterocycles. The van der Waals surface area contributed by atoms with Gasteiger partial charge in [0.1, 0.15) is 6.33 Å². The average molecular weight is 454 g/mol. The second kappa shape index (κ2) is 9.73. The summed E-state index contributed by atoms with van der Waals surface area (Å²) < 4.78 is 13.0. The van der Waals surface area contributed by atoms with Gasteiger partial charge in [0.05, 0.1) is 24.7 Å². The zero-order valence-corrected chi connectivity index (χ0v) is 18.6. The lowest BCUT2D eigenvalue weighted by Gasteiger charge is -2.11. The summed E-state index contributed by atoms with van der Waals surface area (Å²) in [5.41, 5.74) is 3.68. The number of carbonyl (C=O) groups excluding carboxylic acids is 2. The van der Waals surface area contributed by atoms with Crippen molar-refractivity contribution in [3.05, 3.63) is 53.9 Å². The van der Waals surface area contributed by atoms with Crippen molar-refractivity contribution in [2.75, 3.05) is 24.3 Å². The minimum absolute atomic E-state index is 0.0121. The molecule has 3 aromatic rings. The number of fused-ring (bicyclic) bond motifs is 1. The summed E-state index contributed by atoms with van der Waals surface area (Å²) in [6, 6.07) is 10.5. The van der Waals surface area contributed by atoms with E-state index in [-0.39, 0.29) is 5.75 Å². The molecule has 0 saturated heterocycles. The van der Waals surface area contributed by atoms with Gasteiger partial charge in [0.2, 0.25) is 5.91 Å². The van der Waals surface area contributed by atoms with Crippen LogP contribution in [0.15, 0.2) is 47.9 Å². The van der Waals surface area contributed by atoms with Gasteiger partial charge in [0.15, 0.2) is 16.7 Å². The molecule has 2 N–H and O–H groups in total. The van der Waals surface area contributed by atoms with E-state index >= 15 is 0 Å². The van der Waals surface area contributed by atoms with E-state index in [2.05, 4.69) is 26.9 Å². The number of benzene rings is 2. The lowest BCUT2D eigenvalue weighted by Crippen LogP contribution is -2.35. The number of hydrogen-bond donors (Lipinski definition) is 2. The van der Waals surface area contributed by atoms with Crippen molar-refractivity contribution < 1.29 is 19.1 Å². The van der Waals surface area contributed by atoms with Crippen LogP contribution in [0.1, 0.15) is 17.5 Å². The van der Waals surface area contributed by atoms with Crippen molar-refractivity contribution in [1.82, 2.24) is 20.1 Å². The first-order valence-electron chi connectivity index (χ1n) is 10.1. The van der Waals surface area contributed by atoms with E-state index in [0.717, 1.165) is 23.2 Å². The Bertz CT molecular complexity index is 1150. The quantitative estimate of drug-likeness (QED) is 0.570. The van der Waals surface area contributed by atoms with E-state index in [1.54, 1.807) is 24.5 Å². The number of thioether (sulfide) groups is 1. The fourth-order valence-corrected chi connectivity index (χ4v) is 3.98. The number of rotatable bonds is 5. The Kier molecular flexibility index (Phi) is 6.60. The van der Waals surface area contributed by atoms with E-state index in [9.17, 15) is 9.59 Å². The third-order valence-electron chi connectivity index (χ3n) is 4.72. The molecule has 10 heteroatoms. The van der Waals surface area contributed by atoms with E-state index in [1.807, 2.05) is 30.5 Å². The Morgan fingerprint density at radius 2 is 1.91 bits per heavy atom. The highest BCUT2D eigenvalue weighted by molar-refractivity contribution is 7.99. The number of imide groups is 1. The normalized spacial score (nSPS) is 12.7. The number of urea groups is 1. The second-order valence-electron chi connectivity index (χ2n) is 7.28. The molecule has 1 aliphatic rings. The molecule has 0 saturated carbocycles. The molecule has 0 aliphatic carbocycles. The van der Waals surface area contributed by atoms with Crippen LogP contribution in [0.3, 0.4) is 0 Å². The maximum atomic E-state index is 12.3. The predicted molar refractivity (Wildman–Crippen MR) is 121 cm³/mol. The maximum absolute atomic E-state index is 12.3. The second-order valence-corrected chi connectivity index (χ2v) is 8.22. The third-order valence-corrected chi connectivity index (χ3v) is 5.66. The maximum Gasteiger partial charge on any atom is 0.325 e. The van der Waals surface area contributed by atoms with Crippen LogP contribution in [0.5, 0.6) is 11.5 Å². The highest BCUT2D eigenvalue weighted by Gasteiger charge is 2.15. The molecule has 32 heavy (non-hydrogen) atoms. The minimum atomic E-state index is -0.624. The summed E-state index contributed by atoms with van der Waals surface area (Å²) in [6.45, 7) is 5.17. The fourth-order valence-electron chi connectivity index (χ4n) is 3.26. The average Bonchev–Trinajstić information content (AvgIpc) is 3.08. The van der Waals surface area contributed by atoms with Crippen LogP contribution >= 0.6 is 11.8 Å². The van der Waals surface area contributed by atoms with Gasteiger partial charge in [-0.1, -0.05) is 29.5 Å². The van der Waals surface area contributed by atoms with Crippen LogP contribution in [-0.4, -0.2) is 45.7 Å². The molecule has 4 rings (SSSR count). The first-order valence-corrected chi connectivity index (χ1v) is 11.1. The van der Waals surface area contributed by atoms with Gasteiger partial charge in [0.25, 0.3) is 0 Å². The molecule has 0 unspecified atom stereocenters. The van der Waals surface area contributed by atoms with Crippen molar-refractivity contribution >= 4 is 29.4 Å². The number of aromatic nitrogens is 3. The molecule has 0 spiro atoms. The Balaban J connectivity index is 1.33. The van der Waals surface area contributed by atoms with Gasteiger partial charge >= 0.3 is 6.03 Å². The lowest BCUT2D eigenvalue weighted by molar-refractivity contribution is -0.117. The number of carbonyl (C=O) groups is 2. The standard InChI is InChI=1S/C22H23N5O4S/c1-14-4-6-17(15(2)10-14)27-13-23-26-22(27)32-12-20(28)25-21(29)24-16-5-7-18-19(11-16)31-9-3-8-30-18/h4-7,10-11,13H,3,8-9,12H2,1-2H3,(H2,24,25,28,29). The van der Waals surface area contributed by atoms with Crippen LogP contribution in [0.4, 0.5) is 10.5 Å². The third kappa shape index (κ3) is 5.20. The van der Waals surface area contributed by atoms with Gasteiger partial charge in [-0.3, -0.25) is 14.7 Å². The molecular weight excluding hydrogens is 430 g/mol. The first-order chi connectivity index (χ1) is 15.5. The SMILES string of the molecule is Cc1ccc(-n2cnnc2SCC(=O)NC(=O)Nc2ccc3c(c2)OCCCO3)c(C)c1. The molecule has 0 fully saturated rings. The van der Waals surface area contributed by atoms with Crippen molar-refractivity contribution in [3.8, 4) is 17.2 Å². The zero-order chi connectivity index (χ0) is 22.5. The molecule has 166 valence electrons. The summed E-state index contributed by atoms with van der Waals surface area (Å²) in [4.78, 5) is 24.5. The molecule has 0 atom stereocenters. The van der Waals surface area contributed by atoms with Gasteiger partial charge in [-0.05, 0) is 37.6 Å². The van der Waals surface area contributed by atoms with Gasteiger partial charge in [-0.25, -0.2) is 4.79 Å². The van der Waals surface area contributed by atoms with Crippen molar-refractivity contribution in [2.24, 2.45) is 0 Å². The van der Waals surface area contributed by atoms with E-state index in [4.69, 9.17) is 9.47 Å². The summed E-state index contributed by atoms with van der Waals surface area (Å²) in [6.07, 6.45) is 2.40. The molecule has 3 amide bonds. The number of aryl methyl sites for hydroxylation is 2. The Hall–Kier alpha value is -3.53. The van der Waals surface area contributed by atoms with Gasteiger partial charge in [-0.2, -0.15) is 0 Å². The molecule has 0 radical (unpaired) electrons. The molecule has 2 aromatic carbocycles. The van der Waals surface area contributed by atoms with E-state index in [0.29, 0.717) is 35.6 Å². The van der Waals surface area contributed by atoms with Gasteiger partial charge < -0.3 is 14.8 Å². The van der Waals surface area contributed by atoms with Crippen molar-refractivity contribution in [2.45, 2.75) is 25.4 Å². The van der Waals surface area contributed by atoms with Crippen LogP contribution in [0.25, 0.3) is 5.69 Å². The largest absolute Gasteiger partial charge is 0.490 e. The Labute approximate surface area is 189 Å². The molecule has 2 heterocycles. The molecular formula is C22H23N5O4S. The van der Waals surface area contributed by atoms with E-state index in [1.165, 1.54) is 11.8 Å². The number of nitrogens with zero attached hydrogens (tertiary/aromatic N) is 3. The topological polar surface area (TPSA) is 107 Å². The molecule has 9 nitrogen and oxygen atoms in total. The summed E-state index contributed by atoms with van der Waals surface area (Å²) in [7, 11) is 0. The number of anilines is 1. The van der Waals surface area contributed by atoms with Crippen molar-refractivity contribution in [1.29, 1.82) is 0 Å². The highest BCUT2D eigenvalue weighted by Crippen LogP contribution is 2.32. The smallest absolute Gasteiger partial charge is 0.325 e.